The molecule has 0 aromatic heterocycles. The number of benzene rings is 2. The molecule has 1 unspecified atom stereocenters. The molecular weight excluding hydrogens is 503 g/mol. The number of aliphatic hydroxyl groups excluding tert-OH is 3. The van der Waals surface area contributed by atoms with Crippen molar-refractivity contribution in [3.63, 3.8) is 0 Å². The highest BCUT2D eigenvalue weighted by molar-refractivity contribution is 6.25. The predicted octanol–water partition coefficient (Wildman–Crippen LogP) is 2.72. The first kappa shape index (κ1) is 27.8. The molecule has 2 rings (SSSR count). The number of nitro benzene ring substituents is 1. The summed E-state index contributed by atoms with van der Waals surface area (Å²) in [6, 6.07) is 7.14. The average Bonchev–Trinajstić information content (AvgIpc) is 2.81. The molecule has 0 radical (unpaired) electrons. The molecule has 192 valence electrons. The Bertz CT molecular complexity index is 1060. The van der Waals surface area contributed by atoms with Crippen LogP contribution in [0.3, 0.4) is 0 Å². The Morgan fingerprint density at radius 3 is 1.94 bits per heavy atom. The number of nitrogens with one attached hydrogen (secondary N) is 2. The number of nitrogens with zero attached hydrogens (tertiary/aromatic N) is 3. The van der Waals surface area contributed by atoms with Crippen LogP contribution in [0.2, 0.25) is 0 Å². The van der Waals surface area contributed by atoms with Crippen LogP contribution in [0.5, 0.6) is 0 Å². The fourth-order valence-corrected chi connectivity index (χ4v) is 3.45. The van der Waals surface area contributed by atoms with Crippen molar-refractivity contribution in [2.45, 2.75) is 11.3 Å². The first-order chi connectivity index (χ1) is 16.4. The number of hydrogen-bond acceptors (Lipinski definition) is 10. The number of halogens is 4. The van der Waals surface area contributed by atoms with Gasteiger partial charge in [0.2, 0.25) is 0 Å². The van der Waals surface area contributed by atoms with Crippen molar-refractivity contribution in [1.29, 1.82) is 0 Å². The van der Waals surface area contributed by atoms with Gasteiger partial charge in [-0.25, -0.2) is 0 Å². The van der Waals surface area contributed by atoms with Crippen LogP contribution in [-0.4, -0.2) is 63.2 Å². The summed E-state index contributed by atoms with van der Waals surface area (Å²) < 4.78 is 42.2. The summed E-state index contributed by atoms with van der Waals surface area (Å²) in [4.78, 5) is 22.1. The Balaban J connectivity index is 3.11. The van der Waals surface area contributed by atoms with Crippen LogP contribution in [0.25, 0.3) is 0 Å². The summed E-state index contributed by atoms with van der Waals surface area (Å²) in [6.07, 6.45) is -5.20. The second kappa shape index (κ2) is 11.4. The largest absolute Gasteiger partial charge is 0.418 e. The van der Waals surface area contributed by atoms with Crippen LogP contribution in [0.1, 0.15) is 5.56 Å². The highest BCUT2D eigenvalue weighted by atomic mass is 35.5. The van der Waals surface area contributed by atoms with E-state index in [1.807, 2.05) is 0 Å². The van der Waals surface area contributed by atoms with Crippen molar-refractivity contribution in [3.8, 4) is 0 Å². The van der Waals surface area contributed by atoms with E-state index in [9.17, 15) is 43.6 Å². The monoisotopic (exact) mass is 523 g/mol. The van der Waals surface area contributed by atoms with Gasteiger partial charge in [0, 0.05) is 18.8 Å². The maximum Gasteiger partial charge on any atom is 0.418 e. The van der Waals surface area contributed by atoms with Crippen molar-refractivity contribution >= 4 is 40.0 Å². The molecule has 5 N–H and O–H groups in total. The fraction of sp³-hybridized carbons (Fsp3) is 0.368. The highest BCUT2D eigenvalue weighted by Gasteiger charge is 2.51. The smallest absolute Gasteiger partial charge is 0.395 e. The number of alkyl halides is 4. The van der Waals surface area contributed by atoms with E-state index in [2.05, 4.69) is 10.6 Å². The average molecular weight is 524 g/mol. The standard InChI is InChI=1S/C19H21ClF3N5O7/c20-18(11-31,28(34)35)26(12-4-2-1-3-5-12)14-10-13(19(21,22)23)15(24-6-8-29)17(27(32)33)16(14)25-7-9-30/h1-5,10,24-25,29-31H,6-9,11H2. The second-order valence-corrected chi connectivity index (χ2v) is 7.51. The van der Waals surface area contributed by atoms with Crippen LogP contribution in [0.15, 0.2) is 36.4 Å². The first-order valence-electron chi connectivity index (χ1n) is 9.85. The molecule has 2 aromatic carbocycles. The van der Waals surface area contributed by atoms with Gasteiger partial charge in [0.15, 0.2) is 6.61 Å². The van der Waals surface area contributed by atoms with Gasteiger partial charge in [0.1, 0.15) is 11.4 Å². The van der Waals surface area contributed by atoms with E-state index < -0.39 is 82.4 Å². The lowest BCUT2D eigenvalue weighted by Gasteiger charge is -2.34. The van der Waals surface area contributed by atoms with Gasteiger partial charge in [-0.15, -0.1) is 0 Å². The van der Waals surface area contributed by atoms with Gasteiger partial charge in [-0.1, -0.05) is 18.2 Å². The second-order valence-electron chi connectivity index (χ2n) is 6.90. The molecule has 1 atom stereocenters. The van der Waals surface area contributed by atoms with Crippen LogP contribution >= 0.6 is 11.6 Å². The lowest BCUT2D eigenvalue weighted by molar-refractivity contribution is -0.542. The molecule has 0 aliphatic carbocycles. The third-order valence-electron chi connectivity index (χ3n) is 4.67. The summed E-state index contributed by atoms with van der Waals surface area (Å²) in [5, 5.41) is 53.6. The Kier molecular flexibility index (Phi) is 9.03. The Morgan fingerprint density at radius 2 is 1.51 bits per heavy atom. The summed E-state index contributed by atoms with van der Waals surface area (Å²) in [5.74, 6) is 0. The molecule has 2 aromatic rings. The molecule has 0 fully saturated rings. The maximum absolute atomic E-state index is 14.1. The van der Waals surface area contributed by atoms with Gasteiger partial charge >= 0.3 is 17.0 Å². The molecular formula is C19H21ClF3N5O7. The molecule has 0 aliphatic heterocycles. The molecule has 0 saturated heterocycles. The minimum absolute atomic E-state index is 0.168. The zero-order chi connectivity index (χ0) is 26.4. The van der Waals surface area contributed by atoms with Crippen molar-refractivity contribution < 1.29 is 38.3 Å². The lowest BCUT2D eigenvalue weighted by atomic mass is 10.0. The van der Waals surface area contributed by atoms with Crippen LogP contribution in [0.4, 0.5) is 41.6 Å². The summed E-state index contributed by atoms with van der Waals surface area (Å²) in [5.41, 5.74) is -5.35. The molecule has 0 aliphatic rings. The van der Waals surface area contributed by atoms with Gasteiger partial charge in [-0.2, -0.15) is 13.2 Å². The van der Waals surface area contributed by atoms with Crippen molar-refractivity contribution in [2.24, 2.45) is 0 Å². The zero-order valence-electron chi connectivity index (χ0n) is 17.8. The third-order valence-corrected chi connectivity index (χ3v) is 5.10. The zero-order valence-corrected chi connectivity index (χ0v) is 18.6. The van der Waals surface area contributed by atoms with Gasteiger partial charge in [0.25, 0.3) is 0 Å². The molecule has 0 bridgehead atoms. The Morgan fingerprint density at radius 1 is 0.971 bits per heavy atom. The van der Waals surface area contributed by atoms with E-state index in [0.717, 1.165) is 0 Å². The van der Waals surface area contributed by atoms with E-state index >= 15 is 0 Å². The molecule has 35 heavy (non-hydrogen) atoms. The van der Waals surface area contributed by atoms with Crippen LogP contribution in [-0.2, 0) is 6.18 Å². The van der Waals surface area contributed by atoms with Gasteiger partial charge in [0.05, 0.1) is 34.3 Å². The number of para-hydroxylation sites is 1. The van der Waals surface area contributed by atoms with Crippen LogP contribution in [0, 0.1) is 20.2 Å². The maximum atomic E-state index is 14.1. The third kappa shape index (κ3) is 5.82. The molecule has 0 spiro atoms. The number of aliphatic hydroxyl groups is 3. The molecule has 0 saturated carbocycles. The number of nitro groups is 2. The first-order valence-corrected chi connectivity index (χ1v) is 10.2. The number of rotatable bonds is 12. The van der Waals surface area contributed by atoms with Crippen LogP contribution < -0.4 is 15.5 Å². The summed E-state index contributed by atoms with van der Waals surface area (Å²) in [7, 11) is 0. The Labute approximate surface area is 200 Å². The fourth-order valence-electron chi connectivity index (χ4n) is 3.26. The molecule has 12 nitrogen and oxygen atoms in total. The summed E-state index contributed by atoms with van der Waals surface area (Å²) >= 11 is 6.12. The van der Waals surface area contributed by atoms with Gasteiger partial charge in [-0.3, -0.25) is 25.1 Å². The quantitative estimate of drug-likeness (QED) is 0.0914. The van der Waals surface area contributed by atoms with E-state index in [4.69, 9.17) is 16.7 Å². The van der Waals surface area contributed by atoms with E-state index in [-0.39, 0.29) is 5.69 Å². The number of hydrogen-bond donors (Lipinski definition) is 5. The highest BCUT2D eigenvalue weighted by Crippen LogP contribution is 2.51. The summed E-state index contributed by atoms with van der Waals surface area (Å²) in [6.45, 7) is -3.56. The normalized spacial score (nSPS) is 13.1. The minimum Gasteiger partial charge on any atom is -0.395 e. The van der Waals surface area contributed by atoms with E-state index in [1.165, 1.54) is 30.3 Å². The van der Waals surface area contributed by atoms with Crippen molar-refractivity contribution in [1.82, 2.24) is 0 Å². The molecule has 0 amide bonds. The Hall–Kier alpha value is -3.40. The SMILES string of the molecule is O=[N+]([O-])c1c(NCCO)c(N(c2ccccc2)C(Cl)(CO)[N+](=O)[O-])cc(C(F)(F)F)c1NCCO. The minimum atomic E-state index is -5.20. The van der Waals surface area contributed by atoms with E-state index in [0.29, 0.717) is 11.0 Å². The van der Waals surface area contributed by atoms with Gasteiger partial charge < -0.3 is 26.0 Å². The topological polar surface area (TPSA) is 174 Å². The molecule has 0 heterocycles. The molecule has 16 heteroatoms. The predicted molar refractivity (Wildman–Crippen MR) is 120 cm³/mol. The number of anilines is 4. The van der Waals surface area contributed by atoms with Crippen molar-refractivity contribution in [3.05, 3.63) is 62.2 Å². The van der Waals surface area contributed by atoms with E-state index in [1.54, 1.807) is 0 Å². The lowest BCUT2D eigenvalue weighted by Crippen LogP contribution is -2.51. The van der Waals surface area contributed by atoms with Crippen molar-refractivity contribution in [2.75, 3.05) is 48.4 Å². The van der Waals surface area contributed by atoms with Gasteiger partial charge in [-0.05, 0) is 29.8 Å².